The van der Waals surface area contributed by atoms with Crippen LogP contribution in [0.4, 0.5) is 17.8 Å². The molecule has 18 heavy (non-hydrogen) atoms. The topological polar surface area (TPSA) is 71.2 Å². The minimum atomic E-state index is 0.280. The molecule has 0 radical (unpaired) electrons. The lowest BCUT2D eigenvalue weighted by atomic mass is 10.3. The summed E-state index contributed by atoms with van der Waals surface area (Å²) in [5, 5.41) is 1.16. The average molecular weight is 268 g/mol. The van der Waals surface area contributed by atoms with Gasteiger partial charge in [-0.1, -0.05) is 13.8 Å². The van der Waals surface area contributed by atoms with E-state index in [0.717, 1.165) is 13.1 Å². The van der Waals surface area contributed by atoms with Gasteiger partial charge in [0.15, 0.2) is 0 Å². The molecule has 0 spiro atoms. The summed E-state index contributed by atoms with van der Waals surface area (Å²) in [6.07, 6.45) is 0. The van der Waals surface area contributed by atoms with Crippen LogP contribution in [0.1, 0.15) is 13.8 Å². The zero-order valence-electron chi connectivity index (χ0n) is 11.3. The van der Waals surface area contributed by atoms with Gasteiger partial charge in [0, 0.05) is 37.7 Å². The van der Waals surface area contributed by atoms with Gasteiger partial charge in [0.1, 0.15) is 0 Å². The summed E-state index contributed by atoms with van der Waals surface area (Å²) in [7, 11) is 3.80. The van der Waals surface area contributed by atoms with E-state index in [9.17, 15) is 0 Å². The number of anilines is 3. The van der Waals surface area contributed by atoms with E-state index in [1.165, 1.54) is 0 Å². The Morgan fingerprint density at radius 2 is 1.78 bits per heavy atom. The van der Waals surface area contributed by atoms with E-state index in [0.29, 0.717) is 22.4 Å². The Bertz CT molecular complexity index is 414. The van der Waals surface area contributed by atoms with Gasteiger partial charge in [0.05, 0.1) is 0 Å². The molecule has 1 saturated heterocycles. The second-order valence-electron chi connectivity index (χ2n) is 4.85. The van der Waals surface area contributed by atoms with E-state index in [-0.39, 0.29) is 5.95 Å². The number of thioether (sulfide) groups is 1. The van der Waals surface area contributed by atoms with Crippen molar-refractivity contribution in [1.29, 1.82) is 0 Å². The summed E-state index contributed by atoms with van der Waals surface area (Å²) < 4.78 is 0. The molecule has 2 atom stereocenters. The largest absolute Gasteiger partial charge is 0.368 e. The number of rotatable bonds is 2. The van der Waals surface area contributed by atoms with Gasteiger partial charge in [0.2, 0.25) is 17.8 Å². The van der Waals surface area contributed by atoms with E-state index >= 15 is 0 Å². The number of hydrogen-bond donors (Lipinski definition) is 1. The van der Waals surface area contributed by atoms with Crippen molar-refractivity contribution in [2.75, 3.05) is 42.7 Å². The molecular weight excluding hydrogens is 248 g/mol. The van der Waals surface area contributed by atoms with E-state index in [1.807, 2.05) is 30.8 Å². The first-order chi connectivity index (χ1) is 8.45. The molecule has 1 aliphatic heterocycles. The van der Waals surface area contributed by atoms with Crippen LogP contribution in [0.2, 0.25) is 0 Å². The lowest BCUT2D eigenvalue weighted by Crippen LogP contribution is -2.41. The van der Waals surface area contributed by atoms with Crippen molar-refractivity contribution >= 4 is 29.6 Å². The average Bonchev–Trinajstić information content (AvgIpc) is 2.26. The van der Waals surface area contributed by atoms with Gasteiger partial charge >= 0.3 is 0 Å². The van der Waals surface area contributed by atoms with Gasteiger partial charge in [0.25, 0.3) is 0 Å². The van der Waals surface area contributed by atoms with E-state index in [4.69, 9.17) is 5.73 Å². The molecule has 0 aromatic carbocycles. The summed E-state index contributed by atoms with van der Waals surface area (Å²) in [5.74, 6) is 1.57. The maximum atomic E-state index is 5.75. The highest BCUT2D eigenvalue weighted by molar-refractivity contribution is 8.00. The molecule has 6 nitrogen and oxygen atoms in total. The van der Waals surface area contributed by atoms with Crippen LogP contribution in [0.15, 0.2) is 0 Å². The second-order valence-corrected chi connectivity index (χ2v) is 6.73. The van der Waals surface area contributed by atoms with Crippen molar-refractivity contribution < 1.29 is 0 Å². The van der Waals surface area contributed by atoms with Crippen LogP contribution in [0.25, 0.3) is 0 Å². The predicted octanol–water partition coefficient (Wildman–Crippen LogP) is 0.850. The summed E-state index contributed by atoms with van der Waals surface area (Å²) in [4.78, 5) is 16.9. The van der Waals surface area contributed by atoms with Crippen LogP contribution in [0.5, 0.6) is 0 Å². The second kappa shape index (κ2) is 5.17. The molecule has 2 rings (SSSR count). The first-order valence-corrected chi connectivity index (χ1v) is 6.99. The number of aromatic nitrogens is 3. The molecule has 2 N–H and O–H groups in total. The Kier molecular flexibility index (Phi) is 3.79. The normalized spacial score (nSPS) is 24.1. The van der Waals surface area contributed by atoms with E-state index in [2.05, 4.69) is 33.7 Å². The summed E-state index contributed by atoms with van der Waals surface area (Å²) >= 11 is 2.00. The molecule has 0 amide bonds. The predicted molar refractivity (Wildman–Crippen MR) is 77.3 cm³/mol. The quantitative estimate of drug-likeness (QED) is 0.852. The van der Waals surface area contributed by atoms with Crippen molar-refractivity contribution in [2.45, 2.75) is 24.3 Å². The third kappa shape index (κ3) is 2.95. The molecule has 100 valence electrons. The van der Waals surface area contributed by atoms with Gasteiger partial charge < -0.3 is 15.5 Å². The molecule has 7 heteroatoms. The van der Waals surface area contributed by atoms with Gasteiger partial charge in [-0.25, -0.2) is 0 Å². The Hall–Kier alpha value is -1.24. The smallest absolute Gasteiger partial charge is 0.232 e. The Morgan fingerprint density at radius 3 is 2.33 bits per heavy atom. The molecule has 1 aromatic heterocycles. The van der Waals surface area contributed by atoms with Crippen LogP contribution >= 0.6 is 11.8 Å². The third-order valence-corrected chi connectivity index (χ3v) is 3.96. The van der Waals surface area contributed by atoms with Crippen molar-refractivity contribution in [3.63, 3.8) is 0 Å². The van der Waals surface area contributed by atoms with Crippen LogP contribution in [-0.4, -0.2) is 52.6 Å². The molecular formula is C11H20N6S. The highest BCUT2D eigenvalue weighted by atomic mass is 32.2. The standard InChI is InChI=1S/C11H20N6S/c1-7-5-17(6-8(2)18-7)11-14-9(12)13-10(15-11)16(3)4/h7-8H,5-6H2,1-4H3,(H2,12,13,14,15). The van der Waals surface area contributed by atoms with Crippen LogP contribution in [0.3, 0.4) is 0 Å². The Balaban J connectivity index is 2.26. The van der Waals surface area contributed by atoms with Crippen molar-refractivity contribution in [3.05, 3.63) is 0 Å². The van der Waals surface area contributed by atoms with Crippen molar-refractivity contribution in [1.82, 2.24) is 15.0 Å². The Labute approximate surface area is 112 Å². The number of hydrogen-bond acceptors (Lipinski definition) is 7. The zero-order valence-corrected chi connectivity index (χ0v) is 12.1. The lowest BCUT2D eigenvalue weighted by Gasteiger charge is -2.34. The molecule has 1 fully saturated rings. The maximum Gasteiger partial charge on any atom is 0.232 e. The molecule has 2 heterocycles. The lowest BCUT2D eigenvalue weighted by molar-refractivity contribution is 0.703. The van der Waals surface area contributed by atoms with Crippen LogP contribution in [0, 0.1) is 0 Å². The first kappa shape index (κ1) is 13.2. The maximum absolute atomic E-state index is 5.75. The van der Waals surface area contributed by atoms with Gasteiger partial charge in [-0.15, -0.1) is 0 Å². The third-order valence-electron chi connectivity index (χ3n) is 2.73. The zero-order chi connectivity index (χ0) is 13.3. The van der Waals surface area contributed by atoms with Crippen LogP contribution in [-0.2, 0) is 0 Å². The molecule has 0 aliphatic carbocycles. The molecule has 0 saturated carbocycles. The summed E-state index contributed by atoms with van der Waals surface area (Å²) in [5.41, 5.74) is 5.75. The highest BCUT2D eigenvalue weighted by Crippen LogP contribution is 2.27. The van der Waals surface area contributed by atoms with Gasteiger partial charge in [-0.05, 0) is 0 Å². The van der Waals surface area contributed by atoms with Crippen molar-refractivity contribution in [2.24, 2.45) is 0 Å². The number of nitrogens with zero attached hydrogens (tertiary/aromatic N) is 5. The monoisotopic (exact) mass is 268 g/mol. The summed E-state index contributed by atoms with van der Waals surface area (Å²) in [6, 6.07) is 0. The Morgan fingerprint density at radius 1 is 1.17 bits per heavy atom. The van der Waals surface area contributed by atoms with Crippen LogP contribution < -0.4 is 15.5 Å². The van der Waals surface area contributed by atoms with E-state index < -0.39 is 0 Å². The number of nitrogen functional groups attached to an aromatic ring is 1. The molecule has 1 aromatic rings. The molecule has 0 bridgehead atoms. The SMILES string of the molecule is CC1CN(c2nc(N)nc(N(C)C)n2)CC(C)S1. The molecule has 1 aliphatic rings. The van der Waals surface area contributed by atoms with Crippen molar-refractivity contribution in [3.8, 4) is 0 Å². The van der Waals surface area contributed by atoms with E-state index in [1.54, 1.807) is 0 Å². The first-order valence-electron chi connectivity index (χ1n) is 6.05. The number of nitrogens with two attached hydrogens (primary N) is 1. The fourth-order valence-corrected chi connectivity index (χ4v) is 3.38. The highest BCUT2D eigenvalue weighted by Gasteiger charge is 2.24. The molecule has 2 unspecified atom stereocenters. The summed E-state index contributed by atoms with van der Waals surface area (Å²) in [6.45, 7) is 6.35. The van der Waals surface area contributed by atoms with Gasteiger partial charge in [-0.3, -0.25) is 0 Å². The minimum Gasteiger partial charge on any atom is -0.368 e. The fraction of sp³-hybridized carbons (Fsp3) is 0.727. The van der Waals surface area contributed by atoms with Gasteiger partial charge in [-0.2, -0.15) is 26.7 Å². The fourth-order valence-electron chi connectivity index (χ4n) is 2.05. The minimum absolute atomic E-state index is 0.280.